The summed E-state index contributed by atoms with van der Waals surface area (Å²) in [5.74, 6) is 0. The van der Waals surface area contributed by atoms with Crippen LogP contribution in [0.2, 0.25) is 0 Å². The second-order valence-electron chi connectivity index (χ2n) is 3.48. The van der Waals surface area contributed by atoms with Gasteiger partial charge >= 0.3 is 35.3 Å². The van der Waals surface area contributed by atoms with Crippen LogP contribution in [0.3, 0.4) is 0 Å². The van der Waals surface area contributed by atoms with E-state index < -0.39 is 16.5 Å². The Hall–Kier alpha value is 1.19. The Morgan fingerprint density at radius 2 is 2.00 bits per heavy atom. The predicted molar refractivity (Wildman–Crippen MR) is 60.2 cm³/mol. The molecule has 0 aliphatic carbocycles. The van der Waals surface area contributed by atoms with Crippen molar-refractivity contribution in [2.75, 3.05) is 13.1 Å². The summed E-state index contributed by atoms with van der Waals surface area (Å²) in [6.45, 7) is 6.83. The van der Waals surface area contributed by atoms with Gasteiger partial charge in [-0.3, -0.25) is 4.90 Å². The fraction of sp³-hybridized carbons (Fsp3) is 1.00. The van der Waals surface area contributed by atoms with Gasteiger partial charge in [-0.2, -0.15) is 0 Å². The van der Waals surface area contributed by atoms with Gasteiger partial charge in [0.1, 0.15) is 0 Å². The van der Waals surface area contributed by atoms with Crippen LogP contribution in [0, 0.1) is 0 Å². The van der Waals surface area contributed by atoms with E-state index in [1.807, 2.05) is 0 Å². The molecule has 0 bridgehead atoms. The van der Waals surface area contributed by atoms with Crippen LogP contribution in [-0.4, -0.2) is 30.1 Å². The molecule has 2 atom stereocenters. The summed E-state index contributed by atoms with van der Waals surface area (Å²) in [5, 5.41) is 0. The summed E-state index contributed by atoms with van der Waals surface area (Å²) < 4.78 is 0. The number of halogens is 2. The molecule has 90 valence electrons. The van der Waals surface area contributed by atoms with E-state index in [0.29, 0.717) is 12.1 Å². The number of likely N-dealkylation sites (tertiary alicyclic amines) is 1. The van der Waals surface area contributed by atoms with E-state index in [2.05, 4.69) is 18.7 Å². The number of nitrogens with zero attached hydrogens (tertiary/aromatic N) is 1. The first kappa shape index (κ1) is 15.2. The molecule has 14 heavy (non-hydrogen) atoms. The Bertz CT molecular complexity index is 138. The van der Waals surface area contributed by atoms with Crippen molar-refractivity contribution in [3.8, 4) is 0 Å². The molecule has 1 aliphatic heterocycles. The minimum absolute atomic E-state index is 0.440. The summed E-state index contributed by atoms with van der Waals surface area (Å²) >= 11 is -0.472. The molecule has 0 unspecified atom stereocenters. The number of nitrogens with two attached hydrogens (primary N) is 1. The molecule has 0 aromatic rings. The summed E-state index contributed by atoms with van der Waals surface area (Å²) in [6.07, 6.45) is 3.72. The normalized spacial score (nSPS) is 27.5. The Balaban J connectivity index is 0.000000500. The Kier molecular flexibility index (Phi) is 10.2. The summed E-state index contributed by atoms with van der Waals surface area (Å²) in [5.41, 5.74) is 5.99. The molecule has 0 saturated carbocycles. The number of rotatable bonds is 3. The number of likely N-dealkylation sites (N-methyl/N-ethyl adjacent to an activating group) is 1. The Labute approximate surface area is 104 Å². The molecule has 2 N–H and O–H groups in total. The first-order chi connectivity index (χ1) is 6.71. The van der Waals surface area contributed by atoms with E-state index in [9.17, 15) is 0 Å². The van der Waals surface area contributed by atoms with E-state index in [4.69, 9.17) is 24.6 Å². The van der Waals surface area contributed by atoms with Crippen LogP contribution in [0.25, 0.3) is 0 Å². The predicted octanol–water partition coefficient (Wildman–Crippen LogP) is 2.58. The van der Waals surface area contributed by atoms with Gasteiger partial charge < -0.3 is 5.73 Å². The van der Waals surface area contributed by atoms with Crippen LogP contribution in [0.4, 0.5) is 0 Å². The van der Waals surface area contributed by atoms with Crippen molar-refractivity contribution in [3.05, 3.63) is 0 Å². The van der Waals surface area contributed by atoms with E-state index in [1.54, 1.807) is 0 Å². The fourth-order valence-corrected chi connectivity index (χ4v) is 2.03. The van der Waals surface area contributed by atoms with Crippen LogP contribution in [0.5, 0.6) is 0 Å². The maximum atomic E-state index is 5.99. The van der Waals surface area contributed by atoms with Gasteiger partial charge in [-0.15, -0.1) is 0 Å². The molecule has 0 aromatic carbocycles. The molecule has 0 spiro atoms. The van der Waals surface area contributed by atoms with E-state index in [1.165, 1.54) is 32.4 Å². The molecular formula is C9H20Cl2N2Pt. The third kappa shape index (κ3) is 5.32. The van der Waals surface area contributed by atoms with Gasteiger partial charge in [0.25, 0.3) is 0 Å². The first-order valence-electron chi connectivity index (χ1n) is 5.03. The summed E-state index contributed by atoms with van der Waals surface area (Å²) in [7, 11) is 9.75. The van der Waals surface area contributed by atoms with Crippen LogP contribution < -0.4 is 5.73 Å². The van der Waals surface area contributed by atoms with Crippen molar-refractivity contribution < 1.29 is 16.5 Å². The zero-order valence-corrected chi connectivity index (χ0v) is 12.6. The molecule has 1 heterocycles. The maximum absolute atomic E-state index is 5.99. The van der Waals surface area contributed by atoms with Gasteiger partial charge in [-0.1, -0.05) is 20.3 Å². The quantitative estimate of drug-likeness (QED) is 0.758. The standard InChI is InChI=1S/C9H20N2.2ClH.Pt/c1-3-5-9-8(10)6-7-11(9)4-2;;;/h8-9H,3-7,10H2,1-2H3;2*1H;/q;;;+2/p-2/t8-,9-;;;/m1.../s1. The van der Waals surface area contributed by atoms with Gasteiger partial charge in [0.15, 0.2) is 0 Å². The monoisotopic (exact) mass is 421 g/mol. The van der Waals surface area contributed by atoms with Crippen LogP contribution in [-0.2, 0) is 16.5 Å². The molecule has 1 fully saturated rings. The van der Waals surface area contributed by atoms with Gasteiger partial charge in [0, 0.05) is 18.6 Å². The fourth-order valence-electron chi connectivity index (χ4n) is 2.03. The van der Waals surface area contributed by atoms with Crippen molar-refractivity contribution in [2.45, 2.75) is 45.2 Å². The molecule has 0 aromatic heterocycles. The molecule has 5 heteroatoms. The number of hydrogen-bond donors (Lipinski definition) is 1. The second-order valence-corrected chi connectivity index (χ2v) is 6.77. The van der Waals surface area contributed by atoms with Crippen molar-refractivity contribution >= 4 is 18.8 Å². The molecule has 1 saturated heterocycles. The average Bonchev–Trinajstić information content (AvgIpc) is 2.50. The zero-order valence-electron chi connectivity index (χ0n) is 8.79. The van der Waals surface area contributed by atoms with E-state index in [-0.39, 0.29) is 0 Å². The topological polar surface area (TPSA) is 29.3 Å². The van der Waals surface area contributed by atoms with Gasteiger partial charge in [0.05, 0.1) is 0 Å². The van der Waals surface area contributed by atoms with Gasteiger partial charge in [-0.05, 0) is 19.4 Å². The molecule has 2 nitrogen and oxygen atoms in total. The molecule has 0 radical (unpaired) electrons. The molecule has 1 aliphatic rings. The van der Waals surface area contributed by atoms with Gasteiger partial charge in [0.2, 0.25) is 0 Å². The average molecular weight is 422 g/mol. The summed E-state index contributed by atoms with van der Waals surface area (Å²) in [4.78, 5) is 2.51. The number of hydrogen-bond acceptors (Lipinski definition) is 2. The van der Waals surface area contributed by atoms with Crippen LogP contribution in [0.15, 0.2) is 0 Å². The SMILES string of the molecule is CCC[C@@H]1[C@H](N)CCN1CC.[Cl][Pt][Cl]. The van der Waals surface area contributed by atoms with Crippen molar-refractivity contribution in [3.63, 3.8) is 0 Å². The van der Waals surface area contributed by atoms with Crippen molar-refractivity contribution in [1.29, 1.82) is 0 Å². The van der Waals surface area contributed by atoms with E-state index in [0.717, 1.165) is 0 Å². The third-order valence-corrected chi connectivity index (χ3v) is 2.70. The van der Waals surface area contributed by atoms with Gasteiger partial charge in [-0.25, -0.2) is 0 Å². The van der Waals surface area contributed by atoms with E-state index >= 15 is 0 Å². The van der Waals surface area contributed by atoms with Crippen molar-refractivity contribution in [2.24, 2.45) is 5.73 Å². The molecular weight excluding hydrogens is 402 g/mol. The zero-order chi connectivity index (χ0) is 11.0. The second kappa shape index (κ2) is 9.42. The van der Waals surface area contributed by atoms with Crippen LogP contribution in [0.1, 0.15) is 33.1 Å². The Morgan fingerprint density at radius 3 is 2.43 bits per heavy atom. The minimum atomic E-state index is -0.472. The summed E-state index contributed by atoms with van der Waals surface area (Å²) in [6, 6.07) is 1.11. The Morgan fingerprint density at radius 1 is 1.43 bits per heavy atom. The molecule has 1 rings (SSSR count). The molecule has 0 amide bonds. The third-order valence-electron chi connectivity index (χ3n) is 2.70. The van der Waals surface area contributed by atoms with Crippen molar-refractivity contribution in [1.82, 2.24) is 4.90 Å². The first-order valence-corrected chi connectivity index (χ1v) is 10.7. The van der Waals surface area contributed by atoms with Crippen LogP contribution >= 0.6 is 18.8 Å².